The summed E-state index contributed by atoms with van der Waals surface area (Å²) in [6, 6.07) is 12.1. The summed E-state index contributed by atoms with van der Waals surface area (Å²) >= 11 is 0. The fourth-order valence-electron chi connectivity index (χ4n) is 5.55. The molecule has 33 heavy (non-hydrogen) atoms. The third kappa shape index (κ3) is 4.85. The van der Waals surface area contributed by atoms with Gasteiger partial charge in [-0.15, -0.1) is 0 Å². The molecule has 2 atom stereocenters. The highest BCUT2D eigenvalue weighted by atomic mass is 16.5. The molecule has 0 spiro atoms. The molecule has 1 heterocycles. The number of carbonyl (C=O) groups is 2. The maximum atomic E-state index is 12.6. The van der Waals surface area contributed by atoms with Gasteiger partial charge in [-0.3, -0.25) is 9.59 Å². The van der Waals surface area contributed by atoms with Crippen molar-refractivity contribution < 1.29 is 14.3 Å². The van der Waals surface area contributed by atoms with E-state index in [0.29, 0.717) is 29.9 Å². The molecular weight excluding hydrogens is 416 g/mol. The lowest BCUT2D eigenvalue weighted by Gasteiger charge is -2.47. The van der Waals surface area contributed by atoms with E-state index in [-0.39, 0.29) is 30.1 Å². The standard InChI is InChI=1S/C26H30N4O3/c1-16-12-14-28-25(24(16)30-21(31)11-13-27)29-15-17-3-5-18(6-4-17)22-19-7-9-20(10-8-19)23(22)26(32)33-2/h3-6,12,14,19-20,22-23H,7-11,15H2,1-2H3,(H,28,29)(H,30,31). The lowest BCUT2D eigenvalue weighted by atomic mass is 9.57. The number of benzene rings is 1. The Labute approximate surface area is 194 Å². The van der Waals surface area contributed by atoms with Crippen LogP contribution in [0.3, 0.4) is 0 Å². The number of ether oxygens (including phenoxy) is 1. The van der Waals surface area contributed by atoms with Gasteiger partial charge in [-0.1, -0.05) is 24.3 Å². The van der Waals surface area contributed by atoms with Gasteiger partial charge in [0.1, 0.15) is 12.2 Å². The number of fused-ring (bicyclic) bond motifs is 3. The first-order valence-corrected chi connectivity index (χ1v) is 11.5. The summed E-state index contributed by atoms with van der Waals surface area (Å²) in [6.07, 6.45) is 6.10. The number of nitrogens with zero attached hydrogens (tertiary/aromatic N) is 2. The van der Waals surface area contributed by atoms with Gasteiger partial charge in [0, 0.05) is 18.7 Å². The Bertz CT molecular complexity index is 1050. The average molecular weight is 447 g/mol. The van der Waals surface area contributed by atoms with Gasteiger partial charge < -0.3 is 15.4 Å². The summed E-state index contributed by atoms with van der Waals surface area (Å²) < 4.78 is 5.17. The molecule has 3 aliphatic rings. The Balaban J connectivity index is 1.47. The zero-order chi connectivity index (χ0) is 23.4. The van der Waals surface area contributed by atoms with Crippen LogP contribution < -0.4 is 10.6 Å². The first kappa shape index (κ1) is 22.8. The second-order valence-electron chi connectivity index (χ2n) is 9.08. The van der Waals surface area contributed by atoms with Crippen LogP contribution in [0.4, 0.5) is 11.5 Å². The maximum Gasteiger partial charge on any atom is 0.309 e. The van der Waals surface area contributed by atoms with Crippen LogP contribution >= 0.6 is 0 Å². The number of pyridine rings is 1. The number of anilines is 2. The predicted molar refractivity (Wildman–Crippen MR) is 125 cm³/mol. The van der Waals surface area contributed by atoms with Crippen molar-refractivity contribution in [2.75, 3.05) is 17.7 Å². The Kier molecular flexibility index (Phi) is 6.93. The molecule has 5 rings (SSSR count). The molecule has 3 fully saturated rings. The smallest absolute Gasteiger partial charge is 0.309 e. The summed E-state index contributed by atoms with van der Waals surface area (Å²) in [5, 5.41) is 14.8. The van der Waals surface area contributed by atoms with Crippen molar-refractivity contribution in [1.82, 2.24) is 4.98 Å². The van der Waals surface area contributed by atoms with E-state index in [1.165, 1.54) is 25.5 Å². The van der Waals surface area contributed by atoms with E-state index in [2.05, 4.69) is 39.9 Å². The molecule has 0 saturated heterocycles. The first-order valence-electron chi connectivity index (χ1n) is 11.5. The van der Waals surface area contributed by atoms with Crippen molar-refractivity contribution in [2.45, 2.75) is 51.5 Å². The molecule has 2 bridgehead atoms. The molecule has 0 aliphatic heterocycles. The van der Waals surface area contributed by atoms with Crippen molar-refractivity contribution >= 4 is 23.4 Å². The van der Waals surface area contributed by atoms with Crippen molar-refractivity contribution in [3.8, 4) is 6.07 Å². The molecule has 2 aromatic rings. The number of nitrogens with one attached hydrogen (secondary N) is 2. The molecule has 2 N–H and O–H groups in total. The topological polar surface area (TPSA) is 104 Å². The van der Waals surface area contributed by atoms with Gasteiger partial charge in [-0.2, -0.15) is 5.26 Å². The van der Waals surface area contributed by atoms with Crippen LogP contribution in [-0.2, 0) is 20.9 Å². The third-order valence-corrected chi connectivity index (χ3v) is 7.18. The number of rotatable bonds is 7. The Hall–Kier alpha value is -3.40. The molecule has 0 radical (unpaired) electrons. The van der Waals surface area contributed by atoms with Gasteiger partial charge in [0.25, 0.3) is 0 Å². The van der Waals surface area contributed by atoms with Crippen molar-refractivity contribution in [2.24, 2.45) is 17.8 Å². The SMILES string of the molecule is COC(=O)C1C2CCC(CC2)C1c1ccc(CNc2nccc(C)c2NC(=O)CC#N)cc1. The summed E-state index contributed by atoms with van der Waals surface area (Å²) in [6.45, 7) is 2.42. The molecule has 3 saturated carbocycles. The maximum absolute atomic E-state index is 12.6. The van der Waals surface area contributed by atoms with E-state index >= 15 is 0 Å². The minimum Gasteiger partial charge on any atom is -0.469 e. The normalized spacial score (nSPS) is 23.4. The van der Waals surface area contributed by atoms with Crippen molar-refractivity contribution in [3.63, 3.8) is 0 Å². The molecule has 7 heteroatoms. The highest BCUT2D eigenvalue weighted by Crippen LogP contribution is 2.53. The Morgan fingerprint density at radius 3 is 2.48 bits per heavy atom. The third-order valence-electron chi connectivity index (χ3n) is 7.18. The monoisotopic (exact) mass is 446 g/mol. The zero-order valence-electron chi connectivity index (χ0n) is 19.1. The molecule has 172 valence electrons. The molecule has 3 aliphatic carbocycles. The molecule has 7 nitrogen and oxygen atoms in total. The predicted octanol–water partition coefficient (Wildman–Crippen LogP) is 4.55. The van der Waals surface area contributed by atoms with E-state index in [0.717, 1.165) is 24.0 Å². The van der Waals surface area contributed by atoms with Crippen LogP contribution in [0.2, 0.25) is 0 Å². The van der Waals surface area contributed by atoms with Crippen LogP contribution in [0, 0.1) is 36.0 Å². The van der Waals surface area contributed by atoms with Crippen LogP contribution in [0.15, 0.2) is 36.5 Å². The summed E-state index contributed by atoms with van der Waals surface area (Å²) in [5.74, 6) is 1.30. The molecule has 1 amide bonds. The average Bonchev–Trinajstić information content (AvgIpc) is 2.84. The van der Waals surface area contributed by atoms with E-state index < -0.39 is 0 Å². The number of nitriles is 1. The Morgan fingerprint density at radius 1 is 1.12 bits per heavy atom. The molecule has 1 aromatic heterocycles. The number of esters is 1. The molecule has 1 aromatic carbocycles. The van der Waals surface area contributed by atoms with Crippen molar-refractivity contribution in [1.29, 1.82) is 5.26 Å². The van der Waals surface area contributed by atoms with Crippen LogP contribution in [0.5, 0.6) is 0 Å². The minimum atomic E-state index is -0.358. The van der Waals surface area contributed by atoms with Crippen molar-refractivity contribution in [3.05, 3.63) is 53.2 Å². The van der Waals surface area contributed by atoms with Crippen LogP contribution in [0.1, 0.15) is 54.7 Å². The number of carbonyl (C=O) groups excluding carboxylic acids is 2. The van der Waals surface area contributed by atoms with Gasteiger partial charge >= 0.3 is 5.97 Å². The highest BCUT2D eigenvalue weighted by molar-refractivity contribution is 5.95. The molecule has 2 unspecified atom stereocenters. The number of aromatic nitrogens is 1. The number of hydrogen-bond donors (Lipinski definition) is 2. The van der Waals surface area contributed by atoms with Gasteiger partial charge in [-0.05, 0) is 67.2 Å². The van der Waals surface area contributed by atoms with E-state index in [1.54, 1.807) is 6.20 Å². The first-order chi connectivity index (χ1) is 16.0. The second-order valence-corrected chi connectivity index (χ2v) is 9.08. The fraction of sp³-hybridized carbons (Fsp3) is 0.462. The Morgan fingerprint density at radius 2 is 1.82 bits per heavy atom. The summed E-state index contributed by atoms with van der Waals surface area (Å²) in [5.41, 5.74) is 3.75. The highest BCUT2D eigenvalue weighted by Gasteiger charge is 2.48. The summed E-state index contributed by atoms with van der Waals surface area (Å²) in [4.78, 5) is 28.8. The zero-order valence-corrected chi connectivity index (χ0v) is 19.1. The second kappa shape index (κ2) is 10.0. The lowest BCUT2D eigenvalue weighted by molar-refractivity contribution is -0.153. The minimum absolute atomic E-state index is 0.0393. The van der Waals surface area contributed by atoms with E-state index in [9.17, 15) is 9.59 Å². The van der Waals surface area contributed by atoms with Gasteiger partial charge in [-0.25, -0.2) is 4.98 Å². The van der Waals surface area contributed by atoms with E-state index in [4.69, 9.17) is 10.00 Å². The lowest BCUT2D eigenvalue weighted by Crippen LogP contribution is -2.43. The fourth-order valence-corrected chi connectivity index (χ4v) is 5.55. The van der Waals surface area contributed by atoms with Gasteiger partial charge in [0.05, 0.1) is 24.8 Å². The number of amides is 1. The quantitative estimate of drug-likeness (QED) is 0.605. The van der Waals surface area contributed by atoms with Crippen LogP contribution in [-0.4, -0.2) is 24.0 Å². The van der Waals surface area contributed by atoms with Crippen LogP contribution in [0.25, 0.3) is 0 Å². The van der Waals surface area contributed by atoms with Gasteiger partial charge in [0.15, 0.2) is 0 Å². The van der Waals surface area contributed by atoms with E-state index in [1.807, 2.05) is 19.1 Å². The number of aryl methyl sites for hydroxylation is 1. The number of methoxy groups -OCH3 is 1. The summed E-state index contributed by atoms with van der Waals surface area (Å²) in [7, 11) is 1.49. The number of hydrogen-bond acceptors (Lipinski definition) is 6. The molecular formula is C26H30N4O3. The largest absolute Gasteiger partial charge is 0.469 e. The van der Waals surface area contributed by atoms with Gasteiger partial charge in [0.2, 0.25) is 5.91 Å².